The maximum atomic E-state index is 12.1. The fraction of sp³-hybridized carbons (Fsp3) is 0.250. The summed E-state index contributed by atoms with van der Waals surface area (Å²) in [6, 6.07) is 9.92. The van der Waals surface area contributed by atoms with Gasteiger partial charge in [-0.3, -0.25) is 4.79 Å². The van der Waals surface area contributed by atoms with E-state index < -0.39 is 9.84 Å². The molecule has 1 heterocycles. The Morgan fingerprint density at radius 1 is 1.13 bits per heavy atom. The molecule has 0 aliphatic rings. The quantitative estimate of drug-likeness (QED) is 0.896. The van der Waals surface area contributed by atoms with Crippen molar-refractivity contribution in [2.75, 3.05) is 25.3 Å². The largest absolute Gasteiger partial charge is 0.363 e. The number of pyridine rings is 1. The summed E-state index contributed by atoms with van der Waals surface area (Å²) >= 11 is 0. The maximum absolute atomic E-state index is 12.1. The summed E-state index contributed by atoms with van der Waals surface area (Å²) in [6.07, 6.45) is 2.69. The number of hydrogen-bond acceptors (Lipinski definition) is 5. The number of nitrogens with one attached hydrogen (secondary N) is 1. The monoisotopic (exact) mass is 333 g/mol. The molecule has 2 aromatic rings. The minimum Gasteiger partial charge on any atom is -0.363 e. The molecule has 0 saturated heterocycles. The Morgan fingerprint density at radius 2 is 1.78 bits per heavy atom. The molecule has 0 fully saturated rings. The number of benzene rings is 1. The third-order valence-electron chi connectivity index (χ3n) is 3.27. The standard InChI is InChI=1S/C16H19N3O3S/c1-19(2)15-9-6-13(11-17-15)16(20)18-10-12-4-7-14(8-5-12)23(3,21)22/h4-9,11H,10H2,1-3H3,(H,18,20). The number of aromatic nitrogens is 1. The van der Waals surface area contributed by atoms with Gasteiger partial charge in [-0.2, -0.15) is 0 Å². The van der Waals surface area contributed by atoms with Crippen LogP contribution in [-0.2, 0) is 16.4 Å². The Hall–Kier alpha value is -2.41. The van der Waals surface area contributed by atoms with Gasteiger partial charge < -0.3 is 10.2 Å². The Bertz CT molecular complexity index is 782. The van der Waals surface area contributed by atoms with Gasteiger partial charge in [-0.05, 0) is 29.8 Å². The number of carbonyl (C=O) groups excluding carboxylic acids is 1. The molecule has 1 amide bonds. The fourth-order valence-corrected chi connectivity index (χ4v) is 2.55. The lowest BCUT2D eigenvalue weighted by molar-refractivity contribution is 0.0950. The van der Waals surface area contributed by atoms with E-state index in [0.717, 1.165) is 17.6 Å². The molecule has 1 N–H and O–H groups in total. The fourth-order valence-electron chi connectivity index (χ4n) is 1.92. The molecule has 0 bridgehead atoms. The average Bonchev–Trinajstić information content (AvgIpc) is 2.52. The number of hydrogen-bond donors (Lipinski definition) is 1. The second kappa shape index (κ2) is 6.78. The van der Waals surface area contributed by atoms with Crippen molar-refractivity contribution in [3.63, 3.8) is 0 Å². The van der Waals surface area contributed by atoms with Crippen molar-refractivity contribution in [3.8, 4) is 0 Å². The molecular weight excluding hydrogens is 314 g/mol. The van der Waals surface area contributed by atoms with Gasteiger partial charge in [-0.1, -0.05) is 12.1 Å². The number of sulfone groups is 1. The van der Waals surface area contributed by atoms with E-state index in [9.17, 15) is 13.2 Å². The SMILES string of the molecule is CN(C)c1ccc(C(=O)NCc2ccc(S(C)(=O)=O)cc2)cn1. The molecule has 2 rings (SSSR count). The Balaban J connectivity index is 1.98. The zero-order valence-electron chi connectivity index (χ0n) is 13.3. The van der Waals surface area contributed by atoms with Gasteiger partial charge in [0.25, 0.3) is 5.91 Å². The molecular formula is C16H19N3O3S. The van der Waals surface area contributed by atoms with Gasteiger partial charge in [0, 0.05) is 33.1 Å². The van der Waals surface area contributed by atoms with Gasteiger partial charge in [0.1, 0.15) is 5.82 Å². The van der Waals surface area contributed by atoms with Crippen molar-refractivity contribution >= 4 is 21.6 Å². The molecule has 122 valence electrons. The molecule has 0 aliphatic heterocycles. The summed E-state index contributed by atoms with van der Waals surface area (Å²) in [5.74, 6) is 0.549. The van der Waals surface area contributed by atoms with E-state index in [-0.39, 0.29) is 10.8 Å². The van der Waals surface area contributed by atoms with Gasteiger partial charge in [0.2, 0.25) is 0 Å². The van der Waals surface area contributed by atoms with Gasteiger partial charge in [-0.15, -0.1) is 0 Å². The lowest BCUT2D eigenvalue weighted by Crippen LogP contribution is -2.23. The van der Waals surface area contributed by atoms with Crippen molar-refractivity contribution < 1.29 is 13.2 Å². The molecule has 1 aromatic heterocycles. The van der Waals surface area contributed by atoms with E-state index in [4.69, 9.17) is 0 Å². The number of anilines is 1. The van der Waals surface area contributed by atoms with E-state index >= 15 is 0 Å². The van der Waals surface area contributed by atoms with Crippen LogP contribution in [0.15, 0.2) is 47.5 Å². The summed E-state index contributed by atoms with van der Waals surface area (Å²) in [5.41, 5.74) is 1.30. The minimum absolute atomic E-state index is 0.227. The second-order valence-corrected chi connectivity index (χ2v) is 7.41. The van der Waals surface area contributed by atoms with Crippen molar-refractivity contribution in [2.24, 2.45) is 0 Å². The third kappa shape index (κ3) is 4.53. The zero-order valence-corrected chi connectivity index (χ0v) is 14.1. The van der Waals surface area contributed by atoms with Crippen LogP contribution >= 0.6 is 0 Å². The molecule has 1 aromatic carbocycles. The van der Waals surface area contributed by atoms with Crippen molar-refractivity contribution in [1.29, 1.82) is 0 Å². The van der Waals surface area contributed by atoms with Crippen LogP contribution in [0, 0.1) is 0 Å². The second-order valence-electron chi connectivity index (χ2n) is 5.40. The highest BCUT2D eigenvalue weighted by Crippen LogP contribution is 2.11. The number of rotatable bonds is 5. The summed E-state index contributed by atoms with van der Waals surface area (Å²) in [7, 11) is 0.550. The van der Waals surface area contributed by atoms with Crippen LogP contribution in [0.2, 0.25) is 0 Å². The highest BCUT2D eigenvalue weighted by atomic mass is 32.2. The summed E-state index contributed by atoms with van der Waals surface area (Å²) in [6.45, 7) is 0.318. The normalized spacial score (nSPS) is 11.1. The van der Waals surface area contributed by atoms with Crippen molar-refractivity contribution in [2.45, 2.75) is 11.4 Å². The Labute approximate surface area is 136 Å². The zero-order chi connectivity index (χ0) is 17.0. The molecule has 0 aliphatic carbocycles. The van der Waals surface area contributed by atoms with Crippen molar-refractivity contribution in [3.05, 3.63) is 53.7 Å². The van der Waals surface area contributed by atoms with Crippen molar-refractivity contribution in [1.82, 2.24) is 10.3 Å². The van der Waals surface area contributed by atoms with Gasteiger partial charge in [0.15, 0.2) is 9.84 Å². The summed E-state index contributed by atoms with van der Waals surface area (Å²) in [5, 5.41) is 2.78. The van der Waals surface area contributed by atoms with E-state index in [2.05, 4.69) is 10.3 Å². The average molecular weight is 333 g/mol. The topological polar surface area (TPSA) is 79.4 Å². The van der Waals surface area contributed by atoms with E-state index in [1.54, 1.807) is 24.3 Å². The lowest BCUT2D eigenvalue weighted by atomic mass is 10.2. The molecule has 0 unspecified atom stereocenters. The van der Waals surface area contributed by atoms with Crippen LogP contribution in [-0.4, -0.2) is 39.7 Å². The smallest absolute Gasteiger partial charge is 0.253 e. The highest BCUT2D eigenvalue weighted by Gasteiger charge is 2.08. The summed E-state index contributed by atoms with van der Waals surface area (Å²) < 4.78 is 22.8. The number of nitrogens with zero attached hydrogens (tertiary/aromatic N) is 2. The van der Waals surface area contributed by atoms with Crippen LogP contribution in [0.5, 0.6) is 0 Å². The third-order valence-corrected chi connectivity index (χ3v) is 4.40. The molecule has 0 saturated carbocycles. The highest BCUT2D eigenvalue weighted by molar-refractivity contribution is 7.90. The van der Waals surface area contributed by atoms with Gasteiger partial charge in [0.05, 0.1) is 10.5 Å². The Morgan fingerprint density at radius 3 is 2.26 bits per heavy atom. The maximum Gasteiger partial charge on any atom is 0.253 e. The first-order valence-corrected chi connectivity index (χ1v) is 8.87. The van der Waals surface area contributed by atoms with E-state index in [0.29, 0.717) is 12.1 Å². The van der Waals surface area contributed by atoms with E-state index in [1.807, 2.05) is 19.0 Å². The molecule has 0 radical (unpaired) electrons. The minimum atomic E-state index is -3.20. The van der Waals surface area contributed by atoms with E-state index in [1.165, 1.54) is 18.3 Å². The lowest BCUT2D eigenvalue weighted by Gasteiger charge is -2.11. The van der Waals surface area contributed by atoms with Crippen LogP contribution in [0.3, 0.4) is 0 Å². The molecule has 6 nitrogen and oxygen atoms in total. The first-order chi connectivity index (χ1) is 10.8. The molecule has 7 heteroatoms. The molecule has 0 spiro atoms. The van der Waals surface area contributed by atoms with Crippen LogP contribution < -0.4 is 10.2 Å². The van der Waals surface area contributed by atoms with Gasteiger partial charge >= 0.3 is 0 Å². The van der Waals surface area contributed by atoms with Crippen LogP contribution in [0.4, 0.5) is 5.82 Å². The molecule has 23 heavy (non-hydrogen) atoms. The first kappa shape index (κ1) is 17.0. The summed E-state index contributed by atoms with van der Waals surface area (Å²) in [4.78, 5) is 18.4. The van der Waals surface area contributed by atoms with Gasteiger partial charge in [-0.25, -0.2) is 13.4 Å². The molecule has 0 atom stereocenters. The predicted molar refractivity (Wildman–Crippen MR) is 89.3 cm³/mol. The first-order valence-electron chi connectivity index (χ1n) is 6.98. The van der Waals surface area contributed by atoms with Crippen LogP contribution in [0.25, 0.3) is 0 Å². The Kier molecular flexibility index (Phi) is 5.00. The predicted octanol–water partition coefficient (Wildman–Crippen LogP) is 1.48. The number of carbonyl (C=O) groups is 1. The number of amides is 1. The van der Waals surface area contributed by atoms with Crippen LogP contribution in [0.1, 0.15) is 15.9 Å².